The molecule has 0 radical (unpaired) electrons. The van der Waals surface area contributed by atoms with Gasteiger partial charge in [0.05, 0.1) is 67.7 Å². The number of nitrogens with zero attached hydrogens (tertiary/aromatic N) is 8. The molecule has 1 fully saturated rings. The monoisotopic (exact) mass is 1680 g/mol. The SMILES string of the molecule is CC(C)(C)c1cc(I)c(O)cn1.COCOc1ccc(Br)nc1.COCOc1ccc(C(C)(C)C)nc1.COCOc1cnc(C(C)(C)C)cc1I.Cc1nc(NCC(C)(C)C)nc(N[C@@H]2C[C@H](CO)[C@@H](O)[C@H]2O)c1-c1cc2cc(C(C)(C)C)ncc2o1.Oc1ccc(Br)nc1. The van der Waals surface area contributed by atoms with Gasteiger partial charge in [0.2, 0.25) is 5.95 Å². The van der Waals surface area contributed by atoms with E-state index in [2.05, 4.69) is 221 Å². The van der Waals surface area contributed by atoms with Crippen molar-refractivity contribution in [3.05, 3.63) is 143 Å². The first-order valence-corrected chi connectivity index (χ1v) is 34.5. The van der Waals surface area contributed by atoms with E-state index >= 15 is 0 Å². The van der Waals surface area contributed by atoms with Crippen LogP contribution in [-0.4, -0.2) is 139 Å². The maximum absolute atomic E-state index is 10.6. The van der Waals surface area contributed by atoms with E-state index in [9.17, 15) is 20.4 Å². The summed E-state index contributed by atoms with van der Waals surface area (Å²) in [6.45, 7) is 35.0. The number of hydrogen-bond donors (Lipinski definition) is 7. The Balaban J connectivity index is 0.000000271. The van der Waals surface area contributed by atoms with Crippen LogP contribution in [0.2, 0.25) is 0 Å². The lowest BCUT2D eigenvalue weighted by atomic mass is 9.91. The number of aromatic nitrogens is 8. The van der Waals surface area contributed by atoms with E-state index in [0.717, 1.165) is 56.0 Å². The highest BCUT2D eigenvalue weighted by Gasteiger charge is 2.42. The minimum absolute atomic E-state index is 0.0279. The average Bonchev–Trinajstić information content (AvgIpc) is 1.56. The van der Waals surface area contributed by atoms with E-state index in [-0.39, 0.29) is 65.6 Å². The van der Waals surface area contributed by atoms with Crippen LogP contribution in [0.3, 0.4) is 0 Å². The Labute approximate surface area is 609 Å². The number of aliphatic hydroxyl groups excluding tert-OH is 3. The summed E-state index contributed by atoms with van der Waals surface area (Å²) in [6.07, 6.45) is 8.09. The maximum Gasteiger partial charge on any atom is 0.224 e. The van der Waals surface area contributed by atoms with Crippen LogP contribution < -0.4 is 24.8 Å². The molecule has 4 atom stereocenters. The van der Waals surface area contributed by atoms with E-state index in [1.165, 1.54) is 12.4 Å². The Bertz CT molecular complexity index is 3620. The van der Waals surface area contributed by atoms with Crippen molar-refractivity contribution in [2.75, 3.05) is 65.5 Å². The zero-order valence-corrected chi connectivity index (χ0v) is 66.0. The molecule has 0 aromatic carbocycles. The van der Waals surface area contributed by atoms with Gasteiger partial charge in [-0.05, 0) is 156 Å². The number of methoxy groups -OCH3 is 3. The number of aryl methyl sites for hydroxylation is 1. The lowest BCUT2D eigenvalue weighted by Crippen LogP contribution is -2.35. The molecule has 0 spiro atoms. The van der Waals surface area contributed by atoms with Gasteiger partial charge in [-0.25, -0.2) is 15.0 Å². The molecule has 0 saturated heterocycles. The second kappa shape index (κ2) is 38.0. The molecule has 1 saturated carbocycles. The fourth-order valence-corrected chi connectivity index (χ4v) is 9.86. The molecule has 526 valence electrons. The molecule has 1 aliphatic rings. The number of aromatic hydroxyl groups is 2. The summed E-state index contributed by atoms with van der Waals surface area (Å²) in [5.74, 6) is 3.80. The van der Waals surface area contributed by atoms with E-state index in [1.807, 2.05) is 55.5 Å². The second-order valence-electron chi connectivity index (χ2n) is 27.6. The Morgan fingerprint density at radius 3 is 1.53 bits per heavy atom. The number of nitrogens with one attached hydrogen (secondary N) is 2. The molecule has 22 nitrogen and oxygen atoms in total. The van der Waals surface area contributed by atoms with Gasteiger partial charge in [-0.2, -0.15) is 4.98 Å². The minimum Gasteiger partial charge on any atom is -0.506 e. The first-order chi connectivity index (χ1) is 44.8. The zero-order chi connectivity index (χ0) is 71.9. The van der Waals surface area contributed by atoms with Gasteiger partial charge < -0.3 is 69.0 Å². The molecule has 9 rings (SSSR count). The van der Waals surface area contributed by atoms with Gasteiger partial charge in [0.25, 0.3) is 0 Å². The molecule has 8 heterocycles. The van der Waals surface area contributed by atoms with Crippen LogP contribution in [0, 0.1) is 25.4 Å². The third kappa shape index (κ3) is 27.9. The molecule has 0 unspecified atom stereocenters. The van der Waals surface area contributed by atoms with Crippen molar-refractivity contribution in [1.82, 2.24) is 39.9 Å². The Morgan fingerprint density at radius 1 is 0.573 bits per heavy atom. The number of ether oxygens (including phenoxy) is 6. The first-order valence-electron chi connectivity index (χ1n) is 30.8. The summed E-state index contributed by atoms with van der Waals surface area (Å²) in [5, 5.41) is 56.1. The largest absolute Gasteiger partial charge is 0.506 e. The molecular formula is C70H96Br2I2N10O12. The number of anilines is 2. The van der Waals surface area contributed by atoms with Crippen LogP contribution in [0.1, 0.15) is 139 Å². The number of pyridine rings is 6. The minimum atomic E-state index is -1.04. The molecule has 0 aliphatic heterocycles. The van der Waals surface area contributed by atoms with Gasteiger partial charge in [0.1, 0.15) is 49.9 Å². The van der Waals surface area contributed by atoms with Gasteiger partial charge in [-0.15, -0.1) is 0 Å². The van der Waals surface area contributed by atoms with Crippen molar-refractivity contribution in [3.8, 4) is 40.1 Å². The summed E-state index contributed by atoms with van der Waals surface area (Å²) in [4.78, 5) is 34.6. The average molecular weight is 1680 g/mol. The fraction of sp³-hybridized carbons (Fsp3) is 0.486. The van der Waals surface area contributed by atoms with Gasteiger partial charge in [-0.1, -0.05) is 104 Å². The van der Waals surface area contributed by atoms with Crippen LogP contribution in [0.15, 0.2) is 111 Å². The Hall–Kier alpha value is -5.70. The summed E-state index contributed by atoms with van der Waals surface area (Å²) in [7, 11) is 4.77. The van der Waals surface area contributed by atoms with Crippen LogP contribution >= 0.6 is 77.0 Å². The molecular weight excluding hydrogens is 1590 g/mol. The number of hydrogen-bond acceptors (Lipinski definition) is 22. The first kappa shape index (κ1) is 82.7. The molecule has 0 bridgehead atoms. The molecule has 0 amide bonds. The van der Waals surface area contributed by atoms with Crippen molar-refractivity contribution in [1.29, 1.82) is 0 Å². The topological polar surface area (TPSA) is 297 Å². The highest BCUT2D eigenvalue weighted by molar-refractivity contribution is 14.1. The molecule has 7 N–H and O–H groups in total. The maximum atomic E-state index is 10.6. The van der Waals surface area contributed by atoms with Crippen molar-refractivity contribution >= 4 is 99.8 Å². The third-order valence-electron chi connectivity index (χ3n) is 13.8. The molecule has 8 aromatic heterocycles. The van der Waals surface area contributed by atoms with Crippen molar-refractivity contribution in [2.24, 2.45) is 11.3 Å². The van der Waals surface area contributed by atoms with Crippen molar-refractivity contribution < 1.29 is 58.4 Å². The van der Waals surface area contributed by atoms with Crippen LogP contribution in [-0.2, 0) is 35.9 Å². The normalized spacial score (nSPS) is 15.4. The van der Waals surface area contributed by atoms with Gasteiger partial charge >= 0.3 is 0 Å². The quantitative estimate of drug-likeness (QED) is 0.0285. The number of aliphatic hydroxyl groups is 3. The van der Waals surface area contributed by atoms with E-state index in [1.54, 1.807) is 58.2 Å². The standard InChI is InChI=1S/C27H39N5O4.C11H16INO2.C11H17NO2.C9H12INO.C7H8BrNO2.C5H4BrNO/c1-14-21(18-9-15-10-20(27(5,6)7)28-11-19(15)36-18)24(32-25(30-14)29-13-26(2,3)4)31-17-8-16(12-33)22(34)23(17)35;1-11(2,3)10-5-8(12)9(6-13-10)15-7-14-4;1-11(2,3)10-6-5-9(7-12-10)14-8-13-4;1-9(2,3)8-4-6(10)7(12)5-11-8;1-10-5-11-6-2-3-7(8)9-4-6;6-5-2-1-4(8)3-7-5/h9-11,16-17,22-23,33-35H,8,12-13H2,1-7H3,(H2,29,30,31,32);5-6H,7H2,1-4H3;5-7H,8H2,1-4H3;4-5,12H,1-3H3;2-4H,5H2,1H3;1-3,8H/t16-,17-,22-,23+;;;;;/m1...../s1. The zero-order valence-electron chi connectivity index (χ0n) is 58.5. The predicted octanol–water partition coefficient (Wildman–Crippen LogP) is 15.3. The lowest BCUT2D eigenvalue weighted by Gasteiger charge is -2.22. The van der Waals surface area contributed by atoms with E-state index in [0.29, 0.717) is 53.1 Å². The number of fused-ring (bicyclic) bond motifs is 1. The Morgan fingerprint density at radius 2 is 1.07 bits per heavy atom. The number of furan rings is 1. The summed E-state index contributed by atoms with van der Waals surface area (Å²) in [6, 6.07) is 18.2. The summed E-state index contributed by atoms with van der Waals surface area (Å²) >= 11 is 10.7. The predicted molar refractivity (Wildman–Crippen MR) is 400 cm³/mol. The van der Waals surface area contributed by atoms with Gasteiger partial charge in [0, 0.05) is 90.2 Å². The Kier molecular flexibility index (Phi) is 32.8. The molecule has 96 heavy (non-hydrogen) atoms. The molecule has 26 heteroatoms. The van der Waals surface area contributed by atoms with E-state index < -0.39 is 24.2 Å². The smallest absolute Gasteiger partial charge is 0.224 e. The molecule has 1 aliphatic carbocycles. The third-order valence-corrected chi connectivity index (χ3v) is 16.4. The highest BCUT2D eigenvalue weighted by atomic mass is 127. The number of halogens is 4. The van der Waals surface area contributed by atoms with Crippen LogP contribution in [0.5, 0.6) is 28.7 Å². The number of rotatable bonds is 15. The second-order valence-corrected chi connectivity index (χ2v) is 31.6. The molecule has 8 aromatic rings. The van der Waals surface area contributed by atoms with Gasteiger partial charge in [-0.3, -0.25) is 19.9 Å². The summed E-state index contributed by atoms with van der Waals surface area (Å²) in [5.41, 5.74) is 6.28. The van der Waals surface area contributed by atoms with E-state index in [4.69, 9.17) is 47.9 Å². The van der Waals surface area contributed by atoms with Crippen molar-refractivity contribution in [2.45, 2.75) is 157 Å². The van der Waals surface area contributed by atoms with Crippen LogP contribution in [0.25, 0.3) is 22.3 Å². The fourth-order valence-electron chi connectivity index (χ4n) is 8.37. The highest BCUT2D eigenvalue weighted by Crippen LogP contribution is 2.38. The lowest BCUT2D eigenvalue weighted by molar-refractivity contribution is 0.00446. The van der Waals surface area contributed by atoms with Gasteiger partial charge in [0.15, 0.2) is 31.7 Å². The van der Waals surface area contributed by atoms with Crippen molar-refractivity contribution in [3.63, 3.8) is 0 Å². The summed E-state index contributed by atoms with van der Waals surface area (Å²) < 4.78 is 39.7. The van der Waals surface area contributed by atoms with Crippen LogP contribution in [0.4, 0.5) is 11.8 Å².